The molecule has 1 fully saturated rings. The SMILES string of the molecule is Cc1cc(C)c(S(=O)(=O)N2CCC(n3cnc4ccc(Cl)cc4c3=O)CC2)c(C)c1. The van der Waals surface area contributed by atoms with Gasteiger partial charge in [0.2, 0.25) is 10.0 Å². The third kappa shape index (κ3) is 3.66. The fraction of sp³-hybridized carbons (Fsp3) is 0.364. The topological polar surface area (TPSA) is 72.3 Å². The van der Waals surface area contributed by atoms with Crippen molar-refractivity contribution >= 4 is 32.5 Å². The van der Waals surface area contributed by atoms with Crippen LogP contribution in [-0.4, -0.2) is 35.4 Å². The maximum atomic E-state index is 13.3. The molecule has 0 aliphatic carbocycles. The Morgan fingerprint density at radius 2 is 1.67 bits per heavy atom. The first-order valence-electron chi connectivity index (χ1n) is 9.93. The minimum absolute atomic E-state index is 0.0972. The van der Waals surface area contributed by atoms with Crippen molar-refractivity contribution in [3.8, 4) is 0 Å². The number of aryl methyl sites for hydroxylation is 3. The second-order valence-electron chi connectivity index (χ2n) is 7.98. The Labute approximate surface area is 181 Å². The number of aromatic nitrogens is 2. The number of hydrogen-bond donors (Lipinski definition) is 0. The summed E-state index contributed by atoms with van der Waals surface area (Å²) in [6.45, 7) is 6.36. The monoisotopic (exact) mass is 445 g/mol. The Morgan fingerprint density at radius 3 is 2.30 bits per heavy atom. The second-order valence-corrected chi connectivity index (χ2v) is 10.3. The molecular weight excluding hydrogens is 422 g/mol. The highest BCUT2D eigenvalue weighted by molar-refractivity contribution is 7.89. The van der Waals surface area contributed by atoms with Gasteiger partial charge in [0.1, 0.15) is 0 Å². The van der Waals surface area contributed by atoms with E-state index in [2.05, 4.69) is 4.98 Å². The number of rotatable bonds is 3. The van der Waals surface area contributed by atoms with E-state index in [0.29, 0.717) is 46.8 Å². The predicted octanol–water partition coefficient (Wildman–Crippen LogP) is 4.00. The lowest BCUT2D eigenvalue weighted by atomic mass is 10.1. The molecule has 0 N–H and O–H groups in total. The van der Waals surface area contributed by atoms with Crippen LogP contribution in [-0.2, 0) is 10.0 Å². The van der Waals surface area contributed by atoms with Crippen LogP contribution >= 0.6 is 11.6 Å². The molecule has 1 aliphatic heterocycles. The van der Waals surface area contributed by atoms with E-state index in [1.165, 1.54) is 4.31 Å². The Hall–Kier alpha value is -2.22. The molecule has 0 saturated carbocycles. The number of piperidine rings is 1. The van der Waals surface area contributed by atoms with Crippen molar-refractivity contribution in [1.82, 2.24) is 13.9 Å². The fourth-order valence-corrected chi connectivity index (χ4v) is 6.49. The average Bonchev–Trinajstić information content (AvgIpc) is 2.68. The molecular formula is C22H24ClN3O3S. The zero-order valence-corrected chi connectivity index (χ0v) is 18.8. The van der Waals surface area contributed by atoms with Crippen LogP contribution in [0.15, 0.2) is 46.3 Å². The summed E-state index contributed by atoms with van der Waals surface area (Å²) in [6, 6.07) is 8.77. The van der Waals surface area contributed by atoms with E-state index in [1.807, 2.05) is 32.9 Å². The molecule has 4 rings (SSSR count). The molecule has 2 aromatic carbocycles. The maximum absolute atomic E-state index is 13.3. The molecule has 1 aromatic heterocycles. The zero-order valence-electron chi connectivity index (χ0n) is 17.2. The molecule has 0 spiro atoms. The van der Waals surface area contributed by atoms with Gasteiger partial charge in [0.15, 0.2) is 0 Å². The van der Waals surface area contributed by atoms with Crippen LogP contribution in [0.25, 0.3) is 10.9 Å². The third-order valence-electron chi connectivity index (χ3n) is 5.76. The Kier molecular flexibility index (Phi) is 5.46. The summed E-state index contributed by atoms with van der Waals surface area (Å²) >= 11 is 6.04. The van der Waals surface area contributed by atoms with E-state index in [4.69, 9.17) is 11.6 Å². The summed E-state index contributed by atoms with van der Waals surface area (Å²) in [5.41, 5.74) is 3.04. The van der Waals surface area contributed by atoms with Gasteiger partial charge in [-0.3, -0.25) is 9.36 Å². The highest BCUT2D eigenvalue weighted by Crippen LogP contribution is 2.30. The van der Waals surface area contributed by atoms with Gasteiger partial charge < -0.3 is 0 Å². The molecule has 0 amide bonds. The number of nitrogens with zero attached hydrogens (tertiary/aromatic N) is 3. The van der Waals surface area contributed by atoms with Crippen molar-refractivity contribution in [2.75, 3.05) is 13.1 Å². The molecule has 0 atom stereocenters. The van der Waals surface area contributed by atoms with Crippen molar-refractivity contribution < 1.29 is 8.42 Å². The van der Waals surface area contributed by atoms with Crippen LogP contribution in [0.3, 0.4) is 0 Å². The number of halogens is 1. The minimum atomic E-state index is -3.58. The zero-order chi connectivity index (χ0) is 21.6. The van der Waals surface area contributed by atoms with Crippen LogP contribution < -0.4 is 5.56 Å². The minimum Gasteiger partial charge on any atom is -0.296 e. The van der Waals surface area contributed by atoms with Gasteiger partial charge in [0.05, 0.1) is 22.1 Å². The molecule has 0 bridgehead atoms. The Morgan fingerprint density at radius 1 is 1.03 bits per heavy atom. The summed E-state index contributed by atoms with van der Waals surface area (Å²) in [6.07, 6.45) is 2.66. The first-order valence-corrected chi connectivity index (χ1v) is 11.7. The lowest BCUT2D eigenvalue weighted by Gasteiger charge is -2.32. The molecule has 1 aliphatic rings. The van der Waals surface area contributed by atoms with Crippen LogP contribution in [0.4, 0.5) is 0 Å². The van der Waals surface area contributed by atoms with E-state index < -0.39 is 10.0 Å². The number of sulfonamides is 1. The van der Waals surface area contributed by atoms with Gasteiger partial charge in [-0.25, -0.2) is 13.4 Å². The average molecular weight is 446 g/mol. The molecule has 30 heavy (non-hydrogen) atoms. The quantitative estimate of drug-likeness (QED) is 0.610. The number of hydrogen-bond acceptors (Lipinski definition) is 4. The fourth-order valence-electron chi connectivity index (χ4n) is 4.43. The van der Waals surface area contributed by atoms with Crippen LogP contribution in [0, 0.1) is 20.8 Å². The molecule has 6 nitrogen and oxygen atoms in total. The van der Waals surface area contributed by atoms with Crippen molar-refractivity contribution in [3.05, 3.63) is 68.7 Å². The molecule has 8 heteroatoms. The van der Waals surface area contributed by atoms with Crippen molar-refractivity contribution in [2.24, 2.45) is 0 Å². The Bertz CT molecular complexity index is 1270. The van der Waals surface area contributed by atoms with Crippen molar-refractivity contribution in [3.63, 3.8) is 0 Å². The lowest BCUT2D eigenvalue weighted by molar-refractivity contribution is 0.269. The van der Waals surface area contributed by atoms with E-state index in [-0.39, 0.29) is 11.6 Å². The molecule has 3 aromatic rings. The second kappa shape index (κ2) is 7.80. The van der Waals surface area contributed by atoms with Crippen molar-refractivity contribution in [1.29, 1.82) is 0 Å². The van der Waals surface area contributed by atoms with Gasteiger partial charge in [-0.05, 0) is 62.9 Å². The van der Waals surface area contributed by atoms with Crippen LogP contribution in [0.2, 0.25) is 5.02 Å². The van der Waals surface area contributed by atoms with E-state index in [9.17, 15) is 13.2 Å². The molecule has 0 unspecified atom stereocenters. The number of fused-ring (bicyclic) bond motifs is 1. The Balaban J connectivity index is 1.60. The van der Waals surface area contributed by atoms with E-state index >= 15 is 0 Å². The van der Waals surface area contributed by atoms with Gasteiger partial charge >= 0.3 is 0 Å². The summed E-state index contributed by atoms with van der Waals surface area (Å²) in [5.74, 6) is 0. The van der Waals surface area contributed by atoms with Gasteiger partial charge in [0.25, 0.3) is 5.56 Å². The van der Waals surface area contributed by atoms with E-state index in [0.717, 1.165) is 16.7 Å². The smallest absolute Gasteiger partial charge is 0.261 e. The van der Waals surface area contributed by atoms with Crippen LogP contribution in [0.1, 0.15) is 35.6 Å². The standard InChI is InChI=1S/C22H24ClN3O3S/c1-14-10-15(2)21(16(3)11-14)30(28,29)25-8-6-18(7-9-25)26-13-24-20-5-4-17(23)12-19(20)22(26)27/h4-5,10-13,18H,6-9H2,1-3H3. The van der Waals surface area contributed by atoms with Gasteiger partial charge in [-0.2, -0.15) is 4.31 Å². The molecule has 0 radical (unpaired) electrons. The molecule has 158 valence electrons. The molecule has 2 heterocycles. The first-order chi connectivity index (χ1) is 14.2. The first kappa shape index (κ1) is 21.0. The van der Waals surface area contributed by atoms with E-state index in [1.54, 1.807) is 29.1 Å². The van der Waals surface area contributed by atoms with Gasteiger partial charge in [0, 0.05) is 24.2 Å². The van der Waals surface area contributed by atoms with Crippen LogP contribution in [0.5, 0.6) is 0 Å². The maximum Gasteiger partial charge on any atom is 0.261 e. The highest BCUT2D eigenvalue weighted by atomic mass is 35.5. The molecule has 1 saturated heterocycles. The number of benzene rings is 2. The summed E-state index contributed by atoms with van der Waals surface area (Å²) < 4.78 is 29.7. The summed E-state index contributed by atoms with van der Waals surface area (Å²) in [4.78, 5) is 17.7. The van der Waals surface area contributed by atoms with Crippen molar-refractivity contribution in [2.45, 2.75) is 44.6 Å². The predicted molar refractivity (Wildman–Crippen MR) is 119 cm³/mol. The highest BCUT2D eigenvalue weighted by Gasteiger charge is 2.32. The summed E-state index contributed by atoms with van der Waals surface area (Å²) in [5, 5.41) is 0.967. The summed E-state index contributed by atoms with van der Waals surface area (Å²) in [7, 11) is -3.58. The third-order valence-corrected chi connectivity index (χ3v) is 8.20. The largest absolute Gasteiger partial charge is 0.296 e. The normalized spacial score (nSPS) is 16.3. The van der Waals surface area contributed by atoms with Gasteiger partial charge in [-0.1, -0.05) is 29.3 Å². The van der Waals surface area contributed by atoms with Gasteiger partial charge in [-0.15, -0.1) is 0 Å². The lowest BCUT2D eigenvalue weighted by Crippen LogP contribution is -2.41.